The van der Waals surface area contributed by atoms with Gasteiger partial charge in [-0.1, -0.05) is 81.3 Å². The molecule has 2 amide bonds. The van der Waals surface area contributed by atoms with Crippen molar-refractivity contribution in [3.05, 3.63) is 96.1 Å². The van der Waals surface area contributed by atoms with Crippen molar-refractivity contribution in [2.75, 3.05) is 0 Å². The van der Waals surface area contributed by atoms with Crippen LogP contribution in [0, 0.1) is 0 Å². The highest BCUT2D eigenvalue weighted by Crippen LogP contribution is 2.37. The van der Waals surface area contributed by atoms with Gasteiger partial charge in [0.05, 0.1) is 5.56 Å². The number of nitrogens with one attached hydrogen (secondary N) is 2. The van der Waals surface area contributed by atoms with Crippen molar-refractivity contribution in [2.24, 2.45) is 0 Å². The van der Waals surface area contributed by atoms with Crippen molar-refractivity contribution < 1.29 is 19.2 Å². The predicted molar refractivity (Wildman–Crippen MR) is 197 cm³/mol. The van der Waals surface area contributed by atoms with Crippen LogP contribution in [0.2, 0.25) is 0 Å². The summed E-state index contributed by atoms with van der Waals surface area (Å²) < 4.78 is 0. The van der Waals surface area contributed by atoms with E-state index in [1.54, 1.807) is 30.4 Å². The fourth-order valence-corrected chi connectivity index (χ4v) is 6.30. The van der Waals surface area contributed by atoms with Gasteiger partial charge in [0.1, 0.15) is 22.6 Å². The second kappa shape index (κ2) is 12.6. The van der Waals surface area contributed by atoms with Gasteiger partial charge in [-0.15, -0.1) is 5.06 Å². The molecule has 52 heavy (non-hydrogen) atoms. The number of fused-ring (bicyclic) bond motifs is 14. The molecule has 0 atom stereocenters. The number of carbonyl (C=O) groups excluding carboxylic acids is 3. The van der Waals surface area contributed by atoms with E-state index in [9.17, 15) is 14.4 Å². The number of hydrogen-bond acceptors (Lipinski definition) is 10. The van der Waals surface area contributed by atoms with Crippen LogP contribution in [-0.2, 0) is 14.4 Å². The van der Waals surface area contributed by atoms with Gasteiger partial charge in [0.15, 0.2) is 23.3 Å². The summed E-state index contributed by atoms with van der Waals surface area (Å²) in [5, 5.41) is 0.510. The maximum absolute atomic E-state index is 13.2. The third-order valence-electron chi connectivity index (χ3n) is 8.83. The number of aromatic nitrogens is 8. The summed E-state index contributed by atoms with van der Waals surface area (Å²) >= 11 is 0. The molecule has 3 aliphatic rings. The number of hydroxylamine groups is 2. The Kier molecular flexibility index (Phi) is 7.79. The molecule has 2 aromatic carbocycles. The molecular weight excluding hydrogens is 658 g/mol. The van der Waals surface area contributed by atoms with E-state index in [-0.39, 0.29) is 24.2 Å². The normalized spacial score (nSPS) is 13.3. The summed E-state index contributed by atoms with van der Waals surface area (Å²) in [5.74, 6) is -0.623. The second-order valence-corrected chi connectivity index (χ2v) is 12.0. The zero-order valence-electron chi connectivity index (χ0n) is 27.9. The molecule has 1 fully saturated rings. The topological polar surface area (TPSA) is 173 Å². The van der Waals surface area contributed by atoms with Gasteiger partial charge >= 0.3 is 5.97 Å². The minimum Gasteiger partial charge on any atom is -0.325 e. The smallest absolute Gasteiger partial charge is 0.325 e. The molecule has 8 rings (SSSR count). The highest BCUT2D eigenvalue weighted by molar-refractivity contribution is 6.03. The standard InChI is InChI=1S/C39H29N9O4/c1-5-9-12-24-23(8-4)33-42-34(24)45-37-27-16-15-20(39(51)52-48-29(49)17-18-30(48)50)19-28(27)38(47-37)44-32-22(7-3)21(6-2)31(40-32)41-35-25-13-10-11-14-26(25)36(43-33)46-35/h6-16,19H,2-5,17-18H2,1H3,(H2,40,41,42,43,44,45,46,47)/b12-9-. The Morgan fingerprint density at radius 3 is 1.65 bits per heavy atom. The predicted octanol–water partition coefficient (Wildman–Crippen LogP) is 7.14. The first-order valence-corrected chi connectivity index (χ1v) is 16.5. The van der Waals surface area contributed by atoms with Crippen LogP contribution >= 0.6 is 0 Å². The van der Waals surface area contributed by atoms with E-state index in [0.29, 0.717) is 72.9 Å². The molecule has 0 saturated carbocycles. The van der Waals surface area contributed by atoms with E-state index in [0.717, 1.165) is 23.1 Å². The third-order valence-corrected chi connectivity index (χ3v) is 8.83. The largest absolute Gasteiger partial charge is 0.363 e. The van der Waals surface area contributed by atoms with Crippen LogP contribution < -0.4 is 0 Å². The summed E-state index contributed by atoms with van der Waals surface area (Å²) in [6.07, 6.45) is 9.71. The first-order chi connectivity index (χ1) is 25.3. The highest BCUT2D eigenvalue weighted by Gasteiger charge is 2.34. The van der Waals surface area contributed by atoms with Crippen molar-refractivity contribution in [1.82, 2.24) is 44.9 Å². The van der Waals surface area contributed by atoms with Crippen LogP contribution in [0.3, 0.4) is 0 Å². The second-order valence-electron chi connectivity index (χ2n) is 12.0. The molecule has 6 heterocycles. The van der Waals surface area contributed by atoms with E-state index in [2.05, 4.69) is 29.7 Å². The van der Waals surface area contributed by atoms with Gasteiger partial charge in [-0.25, -0.2) is 34.7 Å². The van der Waals surface area contributed by atoms with Crippen LogP contribution in [0.25, 0.3) is 92.4 Å². The van der Waals surface area contributed by atoms with Crippen molar-refractivity contribution in [1.29, 1.82) is 0 Å². The third kappa shape index (κ3) is 5.22. The van der Waals surface area contributed by atoms with E-state index >= 15 is 0 Å². The van der Waals surface area contributed by atoms with Crippen LogP contribution in [0.5, 0.6) is 0 Å². The lowest BCUT2D eigenvalue weighted by Crippen LogP contribution is -2.32. The maximum Gasteiger partial charge on any atom is 0.363 e. The summed E-state index contributed by atoms with van der Waals surface area (Å²) in [4.78, 5) is 79.0. The lowest BCUT2D eigenvalue weighted by Gasteiger charge is -2.12. The van der Waals surface area contributed by atoms with E-state index in [4.69, 9.17) is 34.7 Å². The van der Waals surface area contributed by atoms with Crippen molar-refractivity contribution in [2.45, 2.75) is 26.2 Å². The minimum atomic E-state index is -0.886. The molecule has 0 aliphatic carbocycles. The number of amides is 2. The van der Waals surface area contributed by atoms with Gasteiger partial charge in [0.25, 0.3) is 11.8 Å². The van der Waals surface area contributed by atoms with E-state index in [1.165, 1.54) is 6.07 Å². The van der Waals surface area contributed by atoms with Gasteiger partial charge in [0.2, 0.25) is 0 Å². The highest BCUT2D eigenvalue weighted by atomic mass is 16.7. The molecule has 13 nitrogen and oxygen atoms in total. The number of benzene rings is 2. The Morgan fingerprint density at radius 2 is 1.15 bits per heavy atom. The zero-order chi connectivity index (χ0) is 36.1. The van der Waals surface area contributed by atoms with Gasteiger partial charge in [0, 0.05) is 57.3 Å². The summed E-state index contributed by atoms with van der Waals surface area (Å²) in [6.45, 7) is 14.1. The molecule has 5 aromatic rings. The van der Waals surface area contributed by atoms with Crippen molar-refractivity contribution in [3.8, 4) is 45.6 Å². The molecular formula is C39H29N9O4. The summed E-state index contributed by atoms with van der Waals surface area (Å²) in [7, 11) is 0. The van der Waals surface area contributed by atoms with Crippen molar-refractivity contribution >= 4 is 64.7 Å². The number of aromatic amines is 2. The number of hydrogen-bond donors (Lipinski definition) is 2. The fraction of sp³-hybridized carbons (Fsp3) is 0.103. The Morgan fingerprint density at radius 1 is 0.692 bits per heavy atom. The quantitative estimate of drug-likeness (QED) is 0.164. The maximum atomic E-state index is 13.2. The van der Waals surface area contributed by atoms with Gasteiger partial charge < -0.3 is 14.8 Å². The molecule has 2 N–H and O–H groups in total. The number of rotatable bonds is 7. The number of imide groups is 1. The molecule has 8 bridgehead atoms. The molecule has 0 unspecified atom stereocenters. The first-order valence-electron chi connectivity index (χ1n) is 16.5. The lowest BCUT2D eigenvalue weighted by atomic mass is 10.0. The summed E-state index contributed by atoms with van der Waals surface area (Å²) in [5.41, 5.74) is 7.20. The molecule has 3 aromatic heterocycles. The number of carbonyl (C=O) groups is 3. The Bertz CT molecular complexity index is 2620. The number of allylic oxidation sites excluding steroid dienone is 1. The van der Waals surface area contributed by atoms with Crippen molar-refractivity contribution in [3.63, 3.8) is 0 Å². The Labute approximate surface area is 296 Å². The van der Waals surface area contributed by atoms with Gasteiger partial charge in [-0.2, -0.15) is 0 Å². The molecule has 254 valence electrons. The molecule has 3 aliphatic heterocycles. The van der Waals surface area contributed by atoms with E-state index in [1.807, 2.05) is 43.3 Å². The molecule has 0 spiro atoms. The summed E-state index contributed by atoms with van der Waals surface area (Å²) in [6, 6.07) is 12.4. The lowest BCUT2D eigenvalue weighted by molar-refractivity contribution is -0.172. The first kappa shape index (κ1) is 32.1. The van der Waals surface area contributed by atoms with Crippen LogP contribution in [-0.4, -0.2) is 62.7 Å². The average molecular weight is 688 g/mol. The SMILES string of the molecule is C=Cc1c(C=C)c2nc3nc(nc4[nH]c(nc5nc(nc1[nH]2)-c1ccccc1-5)c(C=C)c4/C=C\CC)-c1ccc(C(=O)ON2C(=O)CCC2=O)cc1-3. The van der Waals surface area contributed by atoms with Crippen LogP contribution in [0.4, 0.5) is 0 Å². The Hall–Kier alpha value is -7.15. The van der Waals surface area contributed by atoms with Gasteiger partial charge in [-0.3, -0.25) is 9.59 Å². The molecule has 0 radical (unpaired) electrons. The fourth-order valence-electron chi connectivity index (χ4n) is 6.30. The van der Waals surface area contributed by atoms with Crippen LogP contribution in [0.15, 0.2) is 68.3 Å². The van der Waals surface area contributed by atoms with Gasteiger partial charge in [-0.05, 0) is 24.6 Å². The Balaban J connectivity index is 1.45. The molecule has 13 heteroatoms. The van der Waals surface area contributed by atoms with Crippen LogP contribution in [0.1, 0.15) is 58.8 Å². The van der Waals surface area contributed by atoms with E-state index < -0.39 is 17.8 Å². The molecule has 1 saturated heterocycles. The monoisotopic (exact) mass is 687 g/mol. The average Bonchev–Trinajstić information content (AvgIpc) is 3.94. The zero-order valence-corrected chi connectivity index (χ0v) is 27.9. The number of H-pyrrole nitrogens is 2. The minimum absolute atomic E-state index is 0.0233. The number of nitrogens with zero attached hydrogens (tertiary/aromatic N) is 7.